The van der Waals surface area contributed by atoms with Gasteiger partial charge in [-0.25, -0.2) is 0 Å². The summed E-state index contributed by atoms with van der Waals surface area (Å²) in [6.45, 7) is 3.41. The van der Waals surface area contributed by atoms with E-state index in [1.54, 1.807) is 19.1 Å². The van der Waals surface area contributed by atoms with E-state index in [1.165, 1.54) is 0 Å². The fraction of sp³-hybridized carbons (Fsp3) is 0.467. The van der Waals surface area contributed by atoms with Crippen molar-refractivity contribution in [3.8, 4) is 0 Å². The molecule has 21 heavy (non-hydrogen) atoms. The molecular formula is C15H22N2O4. The number of rotatable bonds is 11. The molecule has 0 amide bonds. The van der Waals surface area contributed by atoms with Crippen LogP contribution in [0.2, 0.25) is 0 Å². The van der Waals surface area contributed by atoms with Gasteiger partial charge in [-0.3, -0.25) is 10.1 Å². The summed E-state index contributed by atoms with van der Waals surface area (Å²) < 4.78 is 5.01. The van der Waals surface area contributed by atoms with E-state index >= 15 is 0 Å². The number of aliphatic hydroxyl groups is 1. The van der Waals surface area contributed by atoms with Gasteiger partial charge >= 0.3 is 0 Å². The van der Waals surface area contributed by atoms with Crippen molar-refractivity contribution < 1.29 is 19.5 Å². The molecule has 0 atom stereocenters. The van der Waals surface area contributed by atoms with E-state index < -0.39 is 0 Å². The molecule has 0 bridgehead atoms. The highest BCUT2D eigenvalue weighted by molar-refractivity contribution is 6.08. The van der Waals surface area contributed by atoms with Gasteiger partial charge in [-0.05, 0) is 6.92 Å². The third kappa shape index (κ3) is 8.19. The molecule has 1 aromatic rings. The first-order valence-corrected chi connectivity index (χ1v) is 6.87. The van der Waals surface area contributed by atoms with E-state index in [-0.39, 0.29) is 18.8 Å². The number of ether oxygens (including phenoxy) is 1. The maximum Gasteiger partial charge on any atom is 0.168 e. The Labute approximate surface area is 124 Å². The van der Waals surface area contributed by atoms with Crippen LogP contribution in [0.1, 0.15) is 23.7 Å². The lowest BCUT2D eigenvalue weighted by Crippen LogP contribution is -2.23. The highest BCUT2D eigenvalue weighted by Crippen LogP contribution is 2.04. The first-order valence-electron chi connectivity index (χ1n) is 6.87. The maximum absolute atomic E-state index is 11.9. The number of hydrogen-bond acceptors (Lipinski definition) is 6. The second kappa shape index (κ2) is 11.0. The van der Waals surface area contributed by atoms with Crippen molar-refractivity contribution in [2.45, 2.75) is 13.3 Å². The zero-order valence-electron chi connectivity index (χ0n) is 12.2. The van der Waals surface area contributed by atoms with Gasteiger partial charge in [0.25, 0.3) is 0 Å². The van der Waals surface area contributed by atoms with Gasteiger partial charge < -0.3 is 14.7 Å². The Morgan fingerprint density at radius 1 is 1.29 bits per heavy atom. The fourth-order valence-corrected chi connectivity index (χ4v) is 1.55. The molecule has 0 radical (unpaired) electrons. The van der Waals surface area contributed by atoms with E-state index in [4.69, 9.17) is 14.7 Å². The minimum Gasteiger partial charge on any atom is -0.394 e. The zero-order chi connectivity index (χ0) is 15.3. The largest absolute Gasteiger partial charge is 0.394 e. The standard InChI is InChI=1S/C15H22N2O4/c1-13(11-15(19)14-5-3-2-4-6-14)17-21-9-7-16-12-20-10-8-18/h2-6,16,18H,7-12H2,1H3/b17-13+. The van der Waals surface area contributed by atoms with E-state index in [0.717, 1.165) is 0 Å². The summed E-state index contributed by atoms with van der Waals surface area (Å²) >= 11 is 0. The number of aliphatic hydroxyl groups excluding tert-OH is 1. The molecule has 2 N–H and O–H groups in total. The van der Waals surface area contributed by atoms with Crippen molar-refractivity contribution in [2.75, 3.05) is 33.1 Å². The zero-order valence-corrected chi connectivity index (χ0v) is 12.2. The van der Waals surface area contributed by atoms with Crippen LogP contribution in [0.25, 0.3) is 0 Å². The van der Waals surface area contributed by atoms with Gasteiger partial charge in [0.2, 0.25) is 0 Å². The van der Waals surface area contributed by atoms with Crippen LogP contribution in [0.15, 0.2) is 35.5 Å². The first-order chi connectivity index (χ1) is 10.2. The topological polar surface area (TPSA) is 80.2 Å². The third-order valence-electron chi connectivity index (χ3n) is 2.54. The van der Waals surface area contributed by atoms with Gasteiger partial charge in [0.05, 0.1) is 32.1 Å². The summed E-state index contributed by atoms with van der Waals surface area (Å²) in [5.74, 6) is 0.0241. The molecule has 0 fully saturated rings. The quantitative estimate of drug-likeness (QED) is 0.211. The van der Waals surface area contributed by atoms with Crippen LogP contribution in [0, 0.1) is 0 Å². The normalized spacial score (nSPS) is 11.4. The summed E-state index contributed by atoms with van der Waals surface area (Å²) in [4.78, 5) is 17.0. The molecule has 0 saturated carbocycles. The molecule has 0 heterocycles. The monoisotopic (exact) mass is 294 g/mol. The van der Waals surface area contributed by atoms with Gasteiger partial charge in [-0.1, -0.05) is 35.5 Å². The second-order valence-corrected chi connectivity index (χ2v) is 4.40. The summed E-state index contributed by atoms with van der Waals surface area (Å²) in [7, 11) is 0. The Kier molecular flexibility index (Phi) is 9.03. The molecule has 1 rings (SSSR count). The minimum atomic E-state index is 0.0110. The molecule has 6 nitrogen and oxygen atoms in total. The highest BCUT2D eigenvalue weighted by Gasteiger charge is 2.06. The molecule has 0 aromatic heterocycles. The summed E-state index contributed by atoms with van der Waals surface area (Å²) in [6.07, 6.45) is 0.247. The summed E-state index contributed by atoms with van der Waals surface area (Å²) in [5.41, 5.74) is 1.31. The second-order valence-electron chi connectivity index (χ2n) is 4.40. The van der Waals surface area contributed by atoms with Crippen molar-refractivity contribution >= 4 is 11.5 Å². The highest BCUT2D eigenvalue weighted by atomic mass is 16.6. The van der Waals surface area contributed by atoms with Crippen molar-refractivity contribution in [1.82, 2.24) is 5.32 Å². The molecule has 0 aliphatic rings. The number of carbonyl (C=O) groups excluding carboxylic acids is 1. The van der Waals surface area contributed by atoms with Crippen LogP contribution in [0.5, 0.6) is 0 Å². The van der Waals surface area contributed by atoms with E-state index in [1.807, 2.05) is 18.2 Å². The number of nitrogens with zero attached hydrogens (tertiary/aromatic N) is 1. The van der Waals surface area contributed by atoms with E-state index in [9.17, 15) is 4.79 Å². The minimum absolute atomic E-state index is 0.0110. The number of hydrogen-bond donors (Lipinski definition) is 2. The molecule has 116 valence electrons. The Bertz CT molecular complexity index is 435. The van der Waals surface area contributed by atoms with Gasteiger partial charge in [-0.15, -0.1) is 0 Å². The molecule has 0 unspecified atom stereocenters. The molecule has 0 aliphatic heterocycles. The van der Waals surface area contributed by atoms with Gasteiger partial charge in [0.1, 0.15) is 6.61 Å². The lowest BCUT2D eigenvalue weighted by molar-refractivity contribution is 0.0716. The number of carbonyl (C=O) groups is 1. The fourth-order valence-electron chi connectivity index (χ4n) is 1.55. The smallest absolute Gasteiger partial charge is 0.168 e. The van der Waals surface area contributed by atoms with Crippen LogP contribution in [-0.4, -0.2) is 49.7 Å². The molecule has 0 spiro atoms. The number of nitrogens with one attached hydrogen (secondary N) is 1. The third-order valence-corrected chi connectivity index (χ3v) is 2.54. The molecule has 0 saturated heterocycles. The first kappa shape index (κ1) is 17.3. The van der Waals surface area contributed by atoms with Crippen molar-refractivity contribution in [3.05, 3.63) is 35.9 Å². The van der Waals surface area contributed by atoms with Gasteiger partial charge in [-0.2, -0.15) is 0 Å². The average molecular weight is 294 g/mol. The van der Waals surface area contributed by atoms with E-state index in [2.05, 4.69) is 10.5 Å². The van der Waals surface area contributed by atoms with Crippen LogP contribution in [-0.2, 0) is 9.57 Å². The van der Waals surface area contributed by atoms with Gasteiger partial charge in [0.15, 0.2) is 5.78 Å². The van der Waals surface area contributed by atoms with Crippen molar-refractivity contribution in [1.29, 1.82) is 0 Å². The van der Waals surface area contributed by atoms with Crippen LogP contribution < -0.4 is 5.32 Å². The van der Waals surface area contributed by atoms with E-state index in [0.29, 0.717) is 37.8 Å². The predicted octanol–water partition coefficient (Wildman–Crippen LogP) is 1.21. The van der Waals surface area contributed by atoms with Crippen LogP contribution in [0.3, 0.4) is 0 Å². The predicted molar refractivity (Wildman–Crippen MR) is 80.4 cm³/mol. The lowest BCUT2D eigenvalue weighted by atomic mass is 10.1. The number of oxime groups is 1. The lowest BCUT2D eigenvalue weighted by Gasteiger charge is -2.05. The molecular weight excluding hydrogens is 272 g/mol. The van der Waals surface area contributed by atoms with Crippen LogP contribution >= 0.6 is 0 Å². The molecule has 0 aliphatic carbocycles. The molecule has 1 aromatic carbocycles. The number of benzene rings is 1. The van der Waals surface area contributed by atoms with Gasteiger partial charge in [0, 0.05) is 12.1 Å². The summed E-state index contributed by atoms with van der Waals surface area (Å²) in [6, 6.07) is 9.11. The number of Topliss-reactive ketones (excluding diaryl/α,β-unsaturated/α-hetero) is 1. The van der Waals surface area contributed by atoms with Crippen molar-refractivity contribution in [2.24, 2.45) is 5.16 Å². The summed E-state index contributed by atoms with van der Waals surface area (Å²) in [5, 5.41) is 15.4. The Hall–Kier alpha value is -1.76. The Morgan fingerprint density at radius 2 is 2.05 bits per heavy atom. The number of ketones is 1. The van der Waals surface area contributed by atoms with Crippen molar-refractivity contribution in [3.63, 3.8) is 0 Å². The Balaban J connectivity index is 2.14. The SMILES string of the molecule is C/C(CC(=O)c1ccccc1)=N\OCCNCOCCO. The van der Waals surface area contributed by atoms with Crippen LogP contribution in [0.4, 0.5) is 0 Å². The Morgan fingerprint density at radius 3 is 2.76 bits per heavy atom. The maximum atomic E-state index is 11.9. The molecule has 6 heteroatoms. The average Bonchev–Trinajstić information content (AvgIpc) is 2.50.